The Hall–Kier alpha value is -1.81. The lowest BCUT2D eigenvalue weighted by Crippen LogP contribution is -2.07. The average molecular weight is 292 g/mol. The summed E-state index contributed by atoms with van der Waals surface area (Å²) in [7, 11) is 0. The minimum absolute atomic E-state index is 0.195. The maximum Gasteiger partial charge on any atom is 0.248 e. The van der Waals surface area contributed by atoms with Gasteiger partial charge in [0.25, 0.3) is 0 Å². The lowest BCUT2D eigenvalue weighted by Gasteiger charge is -2.01. The molecule has 0 aliphatic rings. The summed E-state index contributed by atoms with van der Waals surface area (Å²) in [5, 5.41) is 2.75. The van der Waals surface area contributed by atoms with Gasteiger partial charge in [0.15, 0.2) is 0 Å². The fourth-order valence-corrected chi connectivity index (χ4v) is 1.69. The summed E-state index contributed by atoms with van der Waals surface area (Å²) >= 11 is 3.34. The Labute approximate surface area is 107 Å². The lowest BCUT2D eigenvalue weighted by molar-refractivity contribution is -0.111. The fraction of sp³-hybridized carbons (Fsp3) is 0. The summed E-state index contributed by atoms with van der Waals surface area (Å²) < 4.78 is 6.00. The topological polar surface area (TPSA) is 42.2 Å². The van der Waals surface area contributed by atoms with Gasteiger partial charge in [-0.2, -0.15) is 0 Å². The van der Waals surface area contributed by atoms with Gasteiger partial charge in [-0.15, -0.1) is 0 Å². The van der Waals surface area contributed by atoms with Gasteiger partial charge in [0, 0.05) is 16.2 Å². The highest BCUT2D eigenvalue weighted by Gasteiger charge is 1.98. The molecule has 0 saturated carbocycles. The monoisotopic (exact) mass is 291 g/mol. The first-order chi connectivity index (χ1) is 8.24. The summed E-state index contributed by atoms with van der Waals surface area (Å²) in [5.74, 6) is 0.453. The molecule has 0 aliphatic heterocycles. The quantitative estimate of drug-likeness (QED) is 0.877. The molecule has 1 N–H and O–H groups in total. The van der Waals surface area contributed by atoms with Crippen LogP contribution < -0.4 is 5.32 Å². The standard InChI is InChI=1S/C13H10BrNO2/c14-10-3-1-4-11(9-10)15-13(16)7-6-12-5-2-8-17-12/h1-9H,(H,15,16)/b7-6+. The van der Waals surface area contributed by atoms with Crippen LogP contribution in [-0.2, 0) is 4.79 Å². The lowest BCUT2D eigenvalue weighted by atomic mass is 10.3. The van der Waals surface area contributed by atoms with Gasteiger partial charge in [0.1, 0.15) is 5.76 Å². The van der Waals surface area contributed by atoms with Crippen LogP contribution in [-0.4, -0.2) is 5.91 Å². The molecule has 2 rings (SSSR count). The van der Waals surface area contributed by atoms with Crippen molar-refractivity contribution in [2.45, 2.75) is 0 Å². The van der Waals surface area contributed by atoms with Crippen molar-refractivity contribution in [1.82, 2.24) is 0 Å². The van der Waals surface area contributed by atoms with Gasteiger partial charge >= 0.3 is 0 Å². The van der Waals surface area contributed by atoms with Crippen LogP contribution in [0.1, 0.15) is 5.76 Å². The van der Waals surface area contributed by atoms with Gasteiger partial charge in [0.05, 0.1) is 6.26 Å². The summed E-state index contributed by atoms with van der Waals surface area (Å²) in [4.78, 5) is 11.6. The molecule has 2 aromatic rings. The van der Waals surface area contributed by atoms with Crippen LogP contribution in [0.15, 0.2) is 57.6 Å². The van der Waals surface area contributed by atoms with E-state index in [1.165, 1.54) is 6.08 Å². The van der Waals surface area contributed by atoms with E-state index in [2.05, 4.69) is 21.2 Å². The normalized spacial score (nSPS) is 10.6. The van der Waals surface area contributed by atoms with E-state index in [1.54, 1.807) is 24.5 Å². The highest BCUT2D eigenvalue weighted by atomic mass is 79.9. The smallest absolute Gasteiger partial charge is 0.248 e. The molecule has 1 aromatic heterocycles. The third-order valence-electron chi connectivity index (χ3n) is 2.03. The van der Waals surface area contributed by atoms with Crippen LogP contribution in [0.3, 0.4) is 0 Å². The third kappa shape index (κ3) is 3.60. The first-order valence-corrected chi connectivity index (χ1v) is 5.81. The number of hydrogen-bond acceptors (Lipinski definition) is 2. The highest BCUT2D eigenvalue weighted by molar-refractivity contribution is 9.10. The van der Waals surface area contributed by atoms with Crippen molar-refractivity contribution in [3.63, 3.8) is 0 Å². The largest absolute Gasteiger partial charge is 0.465 e. The Morgan fingerprint density at radius 3 is 2.88 bits per heavy atom. The van der Waals surface area contributed by atoms with Gasteiger partial charge in [-0.05, 0) is 36.4 Å². The predicted molar refractivity (Wildman–Crippen MR) is 70.5 cm³/mol. The molecule has 1 aromatic carbocycles. The van der Waals surface area contributed by atoms with Gasteiger partial charge in [-0.3, -0.25) is 4.79 Å². The highest BCUT2D eigenvalue weighted by Crippen LogP contribution is 2.15. The minimum Gasteiger partial charge on any atom is -0.465 e. The average Bonchev–Trinajstić information content (AvgIpc) is 2.79. The Balaban J connectivity index is 1.98. The van der Waals surface area contributed by atoms with Crippen molar-refractivity contribution in [1.29, 1.82) is 0 Å². The molecule has 86 valence electrons. The number of benzene rings is 1. The number of halogens is 1. The second kappa shape index (κ2) is 5.50. The molecule has 0 radical (unpaired) electrons. The number of carbonyl (C=O) groups is 1. The number of carbonyl (C=O) groups excluding carboxylic acids is 1. The Kier molecular flexibility index (Phi) is 3.77. The van der Waals surface area contributed by atoms with Crippen molar-refractivity contribution in [2.24, 2.45) is 0 Å². The van der Waals surface area contributed by atoms with E-state index in [0.717, 1.165) is 10.2 Å². The molecule has 4 heteroatoms. The molecular formula is C13H10BrNO2. The SMILES string of the molecule is O=C(/C=C/c1ccco1)Nc1cccc(Br)c1. The number of hydrogen-bond donors (Lipinski definition) is 1. The Bertz CT molecular complexity index is 532. The number of furan rings is 1. The summed E-state index contributed by atoms with van der Waals surface area (Å²) in [5.41, 5.74) is 0.744. The van der Waals surface area contributed by atoms with Crippen LogP contribution in [0.25, 0.3) is 6.08 Å². The van der Waals surface area contributed by atoms with E-state index in [1.807, 2.05) is 24.3 Å². The summed E-state index contributed by atoms with van der Waals surface area (Å²) in [6.45, 7) is 0. The molecule has 0 unspecified atom stereocenters. The number of anilines is 1. The molecule has 1 heterocycles. The first kappa shape index (κ1) is 11.7. The predicted octanol–water partition coefficient (Wildman–Crippen LogP) is 3.69. The summed E-state index contributed by atoms with van der Waals surface area (Å²) in [6, 6.07) is 11.0. The van der Waals surface area contributed by atoms with Gasteiger partial charge < -0.3 is 9.73 Å². The molecular weight excluding hydrogens is 282 g/mol. The van der Waals surface area contributed by atoms with Gasteiger partial charge in [-0.25, -0.2) is 0 Å². The Morgan fingerprint density at radius 1 is 1.29 bits per heavy atom. The molecule has 0 fully saturated rings. The first-order valence-electron chi connectivity index (χ1n) is 5.02. The molecule has 0 bridgehead atoms. The van der Waals surface area contributed by atoms with E-state index in [4.69, 9.17) is 4.42 Å². The van der Waals surface area contributed by atoms with E-state index in [9.17, 15) is 4.79 Å². The van der Waals surface area contributed by atoms with Crippen LogP contribution in [0.4, 0.5) is 5.69 Å². The van der Waals surface area contributed by atoms with E-state index in [-0.39, 0.29) is 5.91 Å². The van der Waals surface area contributed by atoms with Crippen molar-refractivity contribution in [2.75, 3.05) is 5.32 Å². The van der Waals surface area contributed by atoms with Crippen LogP contribution in [0.5, 0.6) is 0 Å². The van der Waals surface area contributed by atoms with Crippen molar-refractivity contribution >= 4 is 33.6 Å². The zero-order chi connectivity index (χ0) is 12.1. The Morgan fingerprint density at radius 2 is 2.18 bits per heavy atom. The maximum atomic E-state index is 11.6. The molecule has 0 saturated heterocycles. The van der Waals surface area contributed by atoms with Crippen molar-refractivity contribution in [3.8, 4) is 0 Å². The number of nitrogens with one attached hydrogen (secondary N) is 1. The molecule has 1 amide bonds. The number of rotatable bonds is 3. The van der Waals surface area contributed by atoms with E-state index < -0.39 is 0 Å². The molecule has 0 aliphatic carbocycles. The molecule has 0 spiro atoms. The molecule has 0 atom stereocenters. The van der Waals surface area contributed by atoms with Crippen molar-refractivity contribution < 1.29 is 9.21 Å². The molecule has 17 heavy (non-hydrogen) atoms. The van der Waals surface area contributed by atoms with E-state index >= 15 is 0 Å². The minimum atomic E-state index is -0.195. The van der Waals surface area contributed by atoms with Gasteiger partial charge in [-0.1, -0.05) is 22.0 Å². The second-order valence-corrected chi connectivity index (χ2v) is 4.26. The van der Waals surface area contributed by atoms with Crippen LogP contribution >= 0.6 is 15.9 Å². The van der Waals surface area contributed by atoms with E-state index in [0.29, 0.717) is 5.76 Å². The zero-order valence-corrected chi connectivity index (χ0v) is 10.5. The zero-order valence-electron chi connectivity index (χ0n) is 8.89. The van der Waals surface area contributed by atoms with Gasteiger partial charge in [0.2, 0.25) is 5.91 Å². The number of amides is 1. The summed E-state index contributed by atoms with van der Waals surface area (Å²) in [6.07, 6.45) is 4.61. The maximum absolute atomic E-state index is 11.6. The van der Waals surface area contributed by atoms with Crippen LogP contribution in [0, 0.1) is 0 Å². The fourth-order valence-electron chi connectivity index (χ4n) is 1.29. The third-order valence-corrected chi connectivity index (χ3v) is 2.53. The second-order valence-electron chi connectivity index (χ2n) is 3.35. The van der Waals surface area contributed by atoms with Crippen molar-refractivity contribution in [3.05, 3.63) is 59.0 Å². The molecule has 3 nitrogen and oxygen atoms in total. The van der Waals surface area contributed by atoms with Crippen LogP contribution in [0.2, 0.25) is 0 Å².